The average molecular weight is 498 g/mol. The van der Waals surface area contributed by atoms with Crippen molar-refractivity contribution >= 4 is 26.2 Å². The van der Waals surface area contributed by atoms with Gasteiger partial charge in [0, 0.05) is 15.1 Å². The summed E-state index contributed by atoms with van der Waals surface area (Å²) in [6.45, 7) is 8.34. The van der Waals surface area contributed by atoms with Gasteiger partial charge in [0.05, 0.1) is 5.91 Å². The number of nitrogens with one attached hydrogen (secondary N) is 1. The number of hydrogen-bond acceptors (Lipinski definition) is 1. The van der Waals surface area contributed by atoms with E-state index in [1.54, 1.807) is 12.1 Å². The summed E-state index contributed by atoms with van der Waals surface area (Å²) < 4.78 is 0. The van der Waals surface area contributed by atoms with Crippen LogP contribution in [0.2, 0.25) is 13.1 Å². The molecule has 0 bridgehead atoms. The van der Waals surface area contributed by atoms with Gasteiger partial charge in [0.2, 0.25) is 0 Å². The van der Waals surface area contributed by atoms with Gasteiger partial charge in [0.25, 0.3) is 0 Å². The molecule has 3 aromatic rings. The zero-order valence-corrected chi connectivity index (χ0v) is 21.1. The van der Waals surface area contributed by atoms with E-state index in [1.165, 1.54) is 10.8 Å². The van der Waals surface area contributed by atoms with Crippen LogP contribution in [0.15, 0.2) is 66.7 Å². The minimum absolute atomic E-state index is 0. The molecular formula is C21H25Cl2NOSiZr. The van der Waals surface area contributed by atoms with Gasteiger partial charge in [-0.25, -0.2) is 0 Å². The van der Waals surface area contributed by atoms with Gasteiger partial charge in [-0.15, -0.1) is 29.7 Å². The van der Waals surface area contributed by atoms with E-state index < -0.39 is 5.91 Å². The third kappa shape index (κ3) is 10.9. The Labute approximate surface area is 197 Å². The van der Waals surface area contributed by atoms with Crippen LogP contribution in [0, 0.1) is 0 Å². The van der Waals surface area contributed by atoms with Gasteiger partial charge < -0.3 is 35.3 Å². The third-order valence-electron chi connectivity index (χ3n) is 3.38. The largest absolute Gasteiger partial charge is 4.00 e. The molecule has 3 aromatic carbocycles. The Morgan fingerprint density at radius 3 is 1.96 bits per heavy atom. The first-order valence-electron chi connectivity index (χ1n) is 8.05. The van der Waals surface area contributed by atoms with Crippen molar-refractivity contribution in [1.29, 1.82) is 0 Å². The van der Waals surface area contributed by atoms with Crippen LogP contribution in [0.5, 0.6) is 0 Å². The molecule has 0 aliphatic heterocycles. The molecule has 0 heterocycles. The van der Waals surface area contributed by atoms with Crippen LogP contribution in [0.1, 0.15) is 35.7 Å². The number of fused-ring (bicyclic) bond motifs is 1. The van der Waals surface area contributed by atoms with Crippen LogP contribution in [0.4, 0.5) is 0 Å². The zero-order valence-electron chi connectivity index (χ0n) is 16.1. The van der Waals surface area contributed by atoms with E-state index in [4.69, 9.17) is 5.73 Å². The van der Waals surface area contributed by atoms with E-state index in [0.29, 0.717) is 11.5 Å². The smallest absolute Gasteiger partial charge is 1.00 e. The van der Waals surface area contributed by atoms with E-state index in [9.17, 15) is 4.79 Å². The van der Waals surface area contributed by atoms with Gasteiger partial charge in [-0.1, -0.05) is 57.3 Å². The molecule has 0 aliphatic rings. The summed E-state index contributed by atoms with van der Waals surface area (Å²) in [6, 6.07) is 21.9. The maximum Gasteiger partial charge on any atom is 4.00 e. The van der Waals surface area contributed by atoms with Gasteiger partial charge in [-0.05, 0) is 11.5 Å². The van der Waals surface area contributed by atoms with Crippen molar-refractivity contribution < 1.29 is 55.8 Å². The number of rotatable bonds is 2. The Morgan fingerprint density at radius 2 is 1.48 bits per heavy atom. The molecule has 0 aromatic heterocycles. The number of carbonyl (C=O) groups excluding carboxylic acids is 1. The molecule has 2 nitrogen and oxygen atoms in total. The topological polar surface area (TPSA) is 40.9 Å². The monoisotopic (exact) mass is 495 g/mol. The normalized spacial score (nSPS) is 8.63. The molecule has 27 heavy (non-hydrogen) atoms. The molecule has 0 saturated heterocycles. The predicted octanol–water partition coefficient (Wildman–Crippen LogP) is 0.353. The van der Waals surface area contributed by atoms with Gasteiger partial charge >= 0.3 is 26.2 Å². The van der Waals surface area contributed by atoms with Crippen LogP contribution in [0.3, 0.4) is 0 Å². The molecule has 1 N–H and O–H groups in total. The van der Waals surface area contributed by atoms with Gasteiger partial charge in [-0.3, -0.25) is 0 Å². The van der Waals surface area contributed by atoms with E-state index >= 15 is 0 Å². The first-order valence-corrected chi connectivity index (χ1v) is 10.0. The van der Waals surface area contributed by atoms with Crippen LogP contribution in [-0.2, 0) is 26.2 Å². The van der Waals surface area contributed by atoms with Crippen LogP contribution < -0.4 is 24.8 Å². The molecule has 142 valence electrons. The van der Waals surface area contributed by atoms with E-state index in [-0.39, 0.29) is 51.0 Å². The zero-order chi connectivity index (χ0) is 17.9. The molecule has 0 fully saturated rings. The van der Waals surface area contributed by atoms with Crippen LogP contribution in [-0.4, -0.2) is 15.4 Å². The maximum absolute atomic E-state index is 10.8. The molecular weight excluding hydrogens is 472 g/mol. The second-order valence-electron chi connectivity index (χ2n) is 5.73. The second-order valence-corrected chi connectivity index (χ2v) is 6.73. The first kappa shape index (κ1) is 30.9. The number of carbonyl (C=O) groups is 1. The van der Waals surface area contributed by atoms with Gasteiger partial charge in [-0.2, -0.15) is 17.5 Å². The molecule has 0 spiro atoms. The molecule has 6 heteroatoms. The minimum atomic E-state index is -0.598. The second kappa shape index (κ2) is 17.3. The molecule has 2 radical (unpaired) electrons. The summed E-state index contributed by atoms with van der Waals surface area (Å²) in [6.07, 6.45) is 0. The summed E-state index contributed by atoms with van der Waals surface area (Å²) in [4.78, 5) is 10.8. The summed E-state index contributed by atoms with van der Waals surface area (Å²) in [5.41, 5.74) is 8.49. The van der Waals surface area contributed by atoms with E-state index in [2.05, 4.69) is 55.6 Å². The first-order chi connectivity index (χ1) is 11.5. The fraction of sp³-hybridized carbons (Fsp3) is 0.238. The molecule has 0 atom stereocenters. The molecule has 1 amide bonds. The molecule has 0 unspecified atom stereocenters. The Balaban J connectivity index is -0.000000345. The fourth-order valence-corrected chi connectivity index (χ4v) is 2.28. The Morgan fingerprint density at radius 1 is 0.963 bits per heavy atom. The van der Waals surface area contributed by atoms with Crippen LogP contribution >= 0.6 is 0 Å². The molecule has 0 aliphatic carbocycles. The Hall–Kier alpha value is -0.800. The van der Waals surface area contributed by atoms with Crippen molar-refractivity contribution in [2.75, 3.05) is 0 Å². The van der Waals surface area contributed by atoms with Gasteiger partial charge in [0.15, 0.2) is 0 Å². The third-order valence-corrected chi connectivity index (χ3v) is 3.38. The molecule has 0 saturated carbocycles. The Kier molecular flexibility index (Phi) is 19.8. The predicted molar refractivity (Wildman–Crippen MR) is 106 cm³/mol. The van der Waals surface area contributed by atoms with E-state index in [0.717, 1.165) is 15.1 Å². The van der Waals surface area contributed by atoms with Gasteiger partial charge in [0.1, 0.15) is 0 Å². The minimum Gasteiger partial charge on any atom is -1.00 e. The van der Waals surface area contributed by atoms with Crippen molar-refractivity contribution in [1.82, 2.24) is 0 Å². The SMILES string of the molecule is CC(C)c1ccccc1C([NH-])=O.C[Si]C.[Cl-].[Cl-].[Zr+4].c1ccc2[cH-]ccc2c1. The summed E-state index contributed by atoms with van der Waals surface area (Å²) in [7, 11) is 1.08. The standard InChI is InChI=1S/C10H13NO.C9H7.C2H6Si.2ClH.Zr/c1-7(2)8-5-3-4-6-9(8)10(11)12;1-2-5-9-7-3-6-8(9)4-1;1-3-2;;;/h3-7H,1-2H3,(H2,11,12);1-7H;1-2H3;2*1H;/q;-1;;;;+4/p-3. The van der Waals surface area contributed by atoms with Crippen molar-refractivity contribution in [3.63, 3.8) is 0 Å². The van der Waals surface area contributed by atoms with Crippen molar-refractivity contribution in [3.05, 3.63) is 83.6 Å². The Bertz CT molecular complexity index is 732. The molecule has 3 rings (SSSR count). The number of amides is 1. The van der Waals surface area contributed by atoms with Crippen molar-refractivity contribution in [2.24, 2.45) is 0 Å². The maximum atomic E-state index is 10.8. The van der Waals surface area contributed by atoms with Crippen molar-refractivity contribution in [2.45, 2.75) is 32.9 Å². The quantitative estimate of drug-likeness (QED) is 0.372. The number of hydrogen-bond donors (Lipinski definition) is 0. The fourth-order valence-electron chi connectivity index (χ4n) is 2.28. The average Bonchev–Trinajstić information content (AvgIpc) is 3.04. The van der Waals surface area contributed by atoms with Crippen LogP contribution in [0.25, 0.3) is 16.5 Å². The summed E-state index contributed by atoms with van der Waals surface area (Å²) >= 11 is 0. The summed E-state index contributed by atoms with van der Waals surface area (Å²) in [5.74, 6) is -0.296. The number of halogens is 2. The summed E-state index contributed by atoms with van der Waals surface area (Å²) in [5, 5.41) is 2.66. The van der Waals surface area contributed by atoms with E-state index in [1.807, 2.05) is 26.0 Å². The number of benzene rings is 2. The van der Waals surface area contributed by atoms with Crippen molar-refractivity contribution in [3.8, 4) is 0 Å².